The molecule has 2 aliphatic rings. The van der Waals surface area contributed by atoms with Gasteiger partial charge < -0.3 is 9.84 Å². The fourth-order valence-corrected chi connectivity index (χ4v) is 3.53. The molecule has 1 amide bonds. The zero-order valence-electron chi connectivity index (χ0n) is 12.2. The van der Waals surface area contributed by atoms with Gasteiger partial charge in [0.1, 0.15) is 11.8 Å². The van der Waals surface area contributed by atoms with Crippen molar-refractivity contribution < 1.29 is 14.6 Å². The Morgan fingerprint density at radius 3 is 2.90 bits per heavy atom. The molecule has 1 N–H and O–H groups in total. The zero-order chi connectivity index (χ0) is 15.2. The molecular weight excluding hydrogens is 288 g/mol. The largest absolute Gasteiger partial charge is 0.443 e. The van der Waals surface area contributed by atoms with Gasteiger partial charge in [-0.1, -0.05) is 6.08 Å². The summed E-state index contributed by atoms with van der Waals surface area (Å²) in [6.45, 7) is 5.43. The number of thiophene rings is 1. The summed E-state index contributed by atoms with van der Waals surface area (Å²) in [5.41, 5.74) is 1.12. The minimum Gasteiger partial charge on any atom is -0.443 e. The molecule has 0 aliphatic carbocycles. The molecule has 0 aromatic carbocycles. The van der Waals surface area contributed by atoms with Crippen LogP contribution in [0.1, 0.15) is 32.3 Å². The molecule has 3 heterocycles. The highest BCUT2D eigenvalue weighted by molar-refractivity contribution is 7.08. The fraction of sp³-hybridized carbons (Fsp3) is 0.467. The van der Waals surface area contributed by atoms with Crippen LogP contribution in [0.3, 0.4) is 0 Å². The summed E-state index contributed by atoms with van der Waals surface area (Å²) < 4.78 is 5.43. The van der Waals surface area contributed by atoms with Crippen LogP contribution in [0, 0.1) is 5.92 Å². The van der Waals surface area contributed by atoms with Crippen molar-refractivity contribution in [1.82, 2.24) is 0 Å². The Morgan fingerprint density at radius 2 is 2.19 bits per heavy atom. The van der Waals surface area contributed by atoms with E-state index in [1.807, 2.05) is 43.8 Å². The number of nitrogens with zero attached hydrogens (tertiary/aromatic N) is 2. The van der Waals surface area contributed by atoms with Gasteiger partial charge in [-0.05, 0) is 31.7 Å². The number of rotatable bonds is 0. The maximum Gasteiger partial charge on any atom is 0.417 e. The van der Waals surface area contributed by atoms with Gasteiger partial charge in [-0.15, -0.1) is 11.3 Å². The highest BCUT2D eigenvalue weighted by atomic mass is 32.1. The number of aliphatic hydroxyl groups is 1. The van der Waals surface area contributed by atoms with Crippen molar-refractivity contribution in [3.05, 3.63) is 28.6 Å². The van der Waals surface area contributed by atoms with Gasteiger partial charge in [0.25, 0.3) is 0 Å². The number of amides is 1. The quantitative estimate of drug-likeness (QED) is 0.801. The minimum atomic E-state index is -0.949. The second-order valence-corrected chi connectivity index (χ2v) is 6.96. The van der Waals surface area contributed by atoms with Crippen LogP contribution >= 0.6 is 11.3 Å². The Bertz CT molecular complexity index is 615. The number of anilines is 1. The van der Waals surface area contributed by atoms with Crippen LogP contribution in [-0.2, 0) is 4.74 Å². The van der Waals surface area contributed by atoms with Crippen LogP contribution in [0.15, 0.2) is 28.0 Å². The second-order valence-electron chi connectivity index (χ2n) is 6.22. The molecule has 21 heavy (non-hydrogen) atoms. The summed E-state index contributed by atoms with van der Waals surface area (Å²) in [7, 11) is 0. The van der Waals surface area contributed by atoms with Gasteiger partial charge in [0.2, 0.25) is 0 Å². The van der Waals surface area contributed by atoms with E-state index in [2.05, 4.69) is 4.99 Å². The molecule has 112 valence electrons. The lowest BCUT2D eigenvalue weighted by atomic mass is 9.81. The van der Waals surface area contributed by atoms with E-state index < -0.39 is 17.9 Å². The van der Waals surface area contributed by atoms with E-state index >= 15 is 0 Å². The molecule has 6 heteroatoms. The van der Waals surface area contributed by atoms with Gasteiger partial charge in [-0.2, -0.15) is 0 Å². The van der Waals surface area contributed by atoms with Crippen LogP contribution in [0.4, 0.5) is 10.5 Å². The van der Waals surface area contributed by atoms with Crippen LogP contribution in [0.25, 0.3) is 0 Å². The molecular formula is C15H18N2O3S. The van der Waals surface area contributed by atoms with Gasteiger partial charge in [0.15, 0.2) is 0 Å². The monoisotopic (exact) mass is 306 g/mol. The summed E-state index contributed by atoms with van der Waals surface area (Å²) >= 11 is 1.51. The highest BCUT2D eigenvalue weighted by Crippen LogP contribution is 2.44. The van der Waals surface area contributed by atoms with Gasteiger partial charge in [0, 0.05) is 29.6 Å². The van der Waals surface area contributed by atoms with Gasteiger partial charge in [0.05, 0.1) is 5.69 Å². The van der Waals surface area contributed by atoms with Crippen LogP contribution < -0.4 is 4.90 Å². The zero-order valence-corrected chi connectivity index (χ0v) is 13.0. The molecule has 0 spiro atoms. The van der Waals surface area contributed by atoms with E-state index in [1.165, 1.54) is 16.2 Å². The number of carbonyl (C=O) groups excluding carboxylic acids is 1. The Balaban J connectivity index is 1.99. The average Bonchev–Trinajstić information content (AvgIpc) is 2.86. The van der Waals surface area contributed by atoms with Crippen molar-refractivity contribution in [3.8, 4) is 0 Å². The summed E-state index contributed by atoms with van der Waals surface area (Å²) in [6.07, 6.45) is 3.85. The van der Waals surface area contributed by atoms with Crippen LogP contribution in [0.2, 0.25) is 0 Å². The number of fused-ring (bicyclic) bond motifs is 3. The SMILES string of the molecule is CC(C)(C)OC(=O)N1c2cscc2C2C=NC=CC2C1O. The third-order valence-electron chi connectivity index (χ3n) is 3.54. The molecule has 0 saturated carbocycles. The van der Waals surface area contributed by atoms with E-state index in [4.69, 9.17) is 4.74 Å². The maximum atomic E-state index is 12.4. The molecule has 0 radical (unpaired) electrons. The fourth-order valence-electron chi connectivity index (χ4n) is 2.66. The number of carbonyl (C=O) groups is 1. The lowest BCUT2D eigenvalue weighted by Crippen LogP contribution is -2.51. The first kappa shape index (κ1) is 14.3. The smallest absolute Gasteiger partial charge is 0.417 e. The lowest BCUT2D eigenvalue weighted by molar-refractivity contribution is 0.0397. The Hall–Kier alpha value is -1.66. The van der Waals surface area contributed by atoms with Crippen molar-refractivity contribution >= 4 is 29.3 Å². The predicted octanol–water partition coefficient (Wildman–Crippen LogP) is 3.12. The molecule has 2 aliphatic heterocycles. The lowest BCUT2D eigenvalue weighted by Gasteiger charge is -2.41. The third-order valence-corrected chi connectivity index (χ3v) is 4.29. The molecule has 1 aromatic rings. The van der Waals surface area contributed by atoms with Crippen molar-refractivity contribution in [2.75, 3.05) is 4.90 Å². The van der Waals surface area contributed by atoms with Gasteiger partial charge in [-0.25, -0.2) is 9.69 Å². The number of hydrogen-bond donors (Lipinski definition) is 1. The van der Waals surface area contributed by atoms with Crippen molar-refractivity contribution in [2.24, 2.45) is 10.9 Å². The summed E-state index contributed by atoms with van der Waals surface area (Å²) in [5.74, 6) is -0.193. The third kappa shape index (κ3) is 2.49. The van der Waals surface area contributed by atoms with Crippen LogP contribution in [-0.4, -0.2) is 29.2 Å². The van der Waals surface area contributed by atoms with E-state index in [9.17, 15) is 9.90 Å². The molecule has 5 nitrogen and oxygen atoms in total. The normalized spacial score (nSPS) is 27.2. The van der Waals surface area contributed by atoms with Gasteiger partial charge >= 0.3 is 6.09 Å². The Labute approximate surface area is 127 Å². The highest BCUT2D eigenvalue weighted by Gasteiger charge is 2.43. The molecule has 1 aromatic heterocycles. The first-order valence-electron chi connectivity index (χ1n) is 6.85. The molecule has 3 rings (SSSR count). The molecule has 3 unspecified atom stereocenters. The van der Waals surface area contributed by atoms with Crippen molar-refractivity contribution in [2.45, 2.75) is 38.5 Å². The number of aliphatic imine (C=N–C) groups is 1. The molecule has 3 atom stereocenters. The minimum absolute atomic E-state index is 0.00457. The Morgan fingerprint density at radius 1 is 1.43 bits per heavy atom. The van der Waals surface area contributed by atoms with E-state index in [0.29, 0.717) is 5.69 Å². The topological polar surface area (TPSA) is 62.1 Å². The Kier molecular flexibility index (Phi) is 3.37. The first-order valence-corrected chi connectivity index (χ1v) is 7.79. The molecule has 0 saturated heterocycles. The van der Waals surface area contributed by atoms with Crippen molar-refractivity contribution in [3.63, 3.8) is 0 Å². The van der Waals surface area contributed by atoms with E-state index in [0.717, 1.165) is 5.56 Å². The molecule has 0 bridgehead atoms. The predicted molar refractivity (Wildman–Crippen MR) is 82.9 cm³/mol. The first-order chi connectivity index (χ1) is 9.88. The summed E-state index contributed by atoms with van der Waals surface area (Å²) in [6, 6.07) is 0. The van der Waals surface area contributed by atoms with Crippen molar-refractivity contribution in [1.29, 1.82) is 0 Å². The maximum absolute atomic E-state index is 12.4. The molecule has 0 fully saturated rings. The summed E-state index contributed by atoms with van der Waals surface area (Å²) in [4.78, 5) is 18.0. The number of hydrogen-bond acceptors (Lipinski definition) is 5. The summed E-state index contributed by atoms with van der Waals surface area (Å²) in [5, 5.41) is 14.5. The number of aliphatic hydroxyl groups excluding tert-OH is 1. The number of ether oxygens (including phenoxy) is 1. The van der Waals surface area contributed by atoms with Crippen LogP contribution in [0.5, 0.6) is 0 Å². The average molecular weight is 306 g/mol. The van der Waals surface area contributed by atoms with E-state index in [-0.39, 0.29) is 11.8 Å². The second kappa shape index (κ2) is 4.96. The van der Waals surface area contributed by atoms with Gasteiger partial charge in [-0.3, -0.25) is 4.99 Å². The standard InChI is InChI=1S/C15H18N2O3S/c1-15(2,3)20-14(19)17-12-8-21-7-11(12)10-6-16-5-4-9(10)13(17)18/h4-10,13,18H,1-3H3. The van der Waals surface area contributed by atoms with E-state index in [1.54, 1.807) is 6.20 Å².